The van der Waals surface area contributed by atoms with Gasteiger partial charge in [0.25, 0.3) is 0 Å². The molecular formula is C12H13BrFNO2. The van der Waals surface area contributed by atoms with Gasteiger partial charge in [0, 0.05) is 12.2 Å². The van der Waals surface area contributed by atoms with Crippen molar-refractivity contribution in [2.75, 3.05) is 11.9 Å². The van der Waals surface area contributed by atoms with E-state index in [9.17, 15) is 14.3 Å². The lowest BCUT2D eigenvalue weighted by atomic mass is 9.81. The Morgan fingerprint density at radius 1 is 1.65 bits per heavy atom. The van der Waals surface area contributed by atoms with Gasteiger partial charge in [-0.15, -0.1) is 0 Å². The second-order valence-electron chi connectivity index (χ2n) is 4.22. The maximum absolute atomic E-state index is 13.4. The van der Waals surface area contributed by atoms with Crippen molar-refractivity contribution >= 4 is 27.6 Å². The average Bonchev–Trinajstić information content (AvgIpc) is 2.29. The molecule has 1 aromatic rings. The Kier molecular flexibility index (Phi) is 3.38. The molecule has 0 saturated carbocycles. The van der Waals surface area contributed by atoms with E-state index in [1.807, 2.05) is 6.92 Å². The summed E-state index contributed by atoms with van der Waals surface area (Å²) >= 11 is 3.10. The molecule has 0 saturated heterocycles. The fraction of sp³-hybridized carbons (Fsp3) is 0.417. The molecule has 0 aromatic heterocycles. The van der Waals surface area contributed by atoms with Crippen LogP contribution in [0.25, 0.3) is 0 Å². The summed E-state index contributed by atoms with van der Waals surface area (Å²) in [4.78, 5) is 11.3. The molecule has 0 bridgehead atoms. The van der Waals surface area contributed by atoms with Crippen molar-refractivity contribution in [1.82, 2.24) is 0 Å². The second kappa shape index (κ2) is 4.64. The van der Waals surface area contributed by atoms with Crippen molar-refractivity contribution < 1.29 is 14.3 Å². The van der Waals surface area contributed by atoms with E-state index in [2.05, 4.69) is 21.2 Å². The summed E-state index contributed by atoms with van der Waals surface area (Å²) in [7, 11) is 0. The molecule has 17 heavy (non-hydrogen) atoms. The lowest BCUT2D eigenvalue weighted by molar-refractivity contribution is -0.140. The topological polar surface area (TPSA) is 49.3 Å². The van der Waals surface area contributed by atoms with E-state index in [-0.39, 0.29) is 11.7 Å². The molecule has 3 nitrogen and oxygen atoms in total. The van der Waals surface area contributed by atoms with Gasteiger partial charge in [0.05, 0.1) is 10.4 Å². The minimum Gasteiger partial charge on any atom is -0.481 e. The predicted molar refractivity (Wildman–Crippen MR) is 66.7 cm³/mol. The molecule has 0 radical (unpaired) electrons. The van der Waals surface area contributed by atoms with Crippen LogP contribution < -0.4 is 5.32 Å². The second-order valence-corrected chi connectivity index (χ2v) is 5.07. The van der Waals surface area contributed by atoms with Gasteiger partial charge in [-0.1, -0.05) is 13.3 Å². The molecule has 0 aliphatic carbocycles. The van der Waals surface area contributed by atoms with Crippen molar-refractivity contribution in [3.8, 4) is 0 Å². The average molecular weight is 302 g/mol. The number of aliphatic carboxylic acids is 1. The first-order valence-electron chi connectivity index (χ1n) is 5.50. The monoisotopic (exact) mass is 301 g/mol. The highest BCUT2D eigenvalue weighted by Crippen LogP contribution is 2.39. The molecule has 0 amide bonds. The van der Waals surface area contributed by atoms with Crippen molar-refractivity contribution in [3.05, 3.63) is 28.0 Å². The molecule has 2 atom stereocenters. The zero-order valence-electron chi connectivity index (χ0n) is 9.34. The van der Waals surface area contributed by atoms with E-state index in [0.717, 1.165) is 6.42 Å². The van der Waals surface area contributed by atoms with Crippen LogP contribution in [0.5, 0.6) is 0 Å². The molecule has 2 N–H and O–H groups in total. The quantitative estimate of drug-likeness (QED) is 0.882. The lowest BCUT2D eigenvalue weighted by Gasteiger charge is -2.31. The van der Waals surface area contributed by atoms with E-state index < -0.39 is 11.9 Å². The number of benzene rings is 1. The van der Waals surface area contributed by atoms with Gasteiger partial charge in [-0.25, -0.2) is 4.39 Å². The number of carboxylic acid groups (broad SMARTS) is 1. The van der Waals surface area contributed by atoms with Crippen LogP contribution in [-0.2, 0) is 4.79 Å². The van der Waals surface area contributed by atoms with Gasteiger partial charge in [0.15, 0.2) is 0 Å². The number of carbonyl (C=O) groups is 1. The maximum atomic E-state index is 13.4. The van der Waals surface area contributed by atoms with Gasteiger partial charge < -0.3 is 10.4 Å². The molecule has 0 spiro atoms. The number of hydrogen-bond donors (Lipinski definition) is 2. The predicted octanol–water partition coefficient (Wildman–Crippen LogP) is 3.21. The molecular weight excluding hydrogens is 289 g/mol. The van der Waals surface area contributed by atoms with Crippen LogP contribution in [0, 0.1) is 11.7 Å². The Labute approximate surface area is 107 Å². The van der Waals surface area contributed by atoms with Crippen LogP contribution in [0.15, 0.2) is 16.6 Å². The van der Waals surface area contributed by atoms with Gasteiger partial charge in [0.2, 0.25) is 0 Å². The van der Waals surface area contributed by atoms with Crippen LogP contribution in [0.2, 0.25) is 0 Å². The van der Waals surface area contributed by atoms with E-state index in [0.29, 0.717) is 22.3 Å². The number of halogens is 2. The fourth-order valence-corrected chi connectivity index (χ4v) is 2.66. The van der Waals surface area contributed by atoms with Crippen LogP contribution in [0.1, 0.15) is 24.8 Å². The number of nitrogens with one attached hydrogen (secondary N) is 1. The Morgan fingerprint density at radius 3 is 2.94 bits per heavy atom. The number of fused-ring (bicyclic) bond motifs is 1. The number of hydrogen-bond acceptors (Lipinski definition) is 2. The first kappa shape index (κ1) is 12.4. The molecule has 2 unspecified atom stereocenters. The van der Waals surface area contributed by atoms with Gasteiger partial charge in [-0.05, 0) is 39.5 Å². The van der Waals surface area contributed by atoms with Crippen molar-refractivity contribution in [3.63, 3.8) is 0 Å². The molecule has 2 rings (SSSR count). The Morgan fingerprint density at radius 2 is 2.35 bits per heavy atom. The lowest BCUT2D eigenvalue weighted by Crippen LogP contribution is -2.32. The van der Waals surface area contributed by atoms with Crippen LogP contribution >= 0.6 is 15.9 Å². The zero-order chi connectivity index (χ0) is 12.6. The Hall–Kier alpha value is -1.10. The summed E-state index contributed by atoms with van der Waals surface area (Å²) in [5.41, 5.74) is 1.24. The minimum absolute atomic E-state index is 0.0392. The molecule has 1 aliphatic heterocycles. The molecule has 1 aliphatic rings. The summed E-state index contributed by atoms with van der Waals surface area (Å²) in [6, 6.07) is 2.92. The highest BCUT2D eigenvalue weighted by atomic mass is 79.9. The van der Waals surface area contributed by atoms with E-state index in [1.165, 1.54) is 6.07 Å². The first-order valence-corrected chi connectivity index (χ1v) is 6.29. The fourth-order valence-electron chi connectivity index (χ4n) is 2.30. The molecule has 1 aromatic carbocycles. The highest BCUT2D eigenvalue weighted by Gasteiger charge is 2.34. The Bertz CT molecular complexity index is 464. The SMILES string of the molecule is CCC1CNc2cc(F)c(Br)cc2C1C(=O)O. The van der Waals surface area contributed by atoms with Gasteiger partial charge in [0.1, 0.15) is 5.82 Å². The van der Waals surface area contributed by atoms with Crippen LogP contribution in [-0.4, -0.2) is 17.6 Å². The van der Waals surface area contributed by atoms with Crippen LogP contribution in [0.4, 0.5) is 10.1 Å². The van der Waals surface area contributed by atoms with Gasteiger partial charge in [-0.3, -0.25) is 4.79 Å². The molecule has 1 heterocycles. The van der Waals surface area contributed by atoms with E-state index in [1.54, 1.807) is 6.07 Å². The van der Waals surface area contributed by atoms with Gasteiger partial charge in [-0.2, -0.15) is 0 Å². The van der Waals surface area contributed by atoms with E-state index in [4.69, 9.17) is 0 Å². The van der Waals surface area contributed by atoms with Crippen molar-refractivity contribution in [2.24, 2.45) is 5.92 Å². The summed E-state index contributed by atoms with van der Waals surface area (Å²) in [5, 5.41) is 12.4. The number of carboxylic acids is 1. The van der Waals surface area contributed by atoms with Crippen LogP contribution in [0.3, 0.4) is 0 Å². The summed E-state index contributed by atoms with van der Waals surface area (Å²) in [6.07, 6.45) is 0.776. The summed E-state index contributed by atoms with van der Waals surface area (Å²) < 4.78 is 13.7. The maximum Gasteiger partial charge on any atom is 0.311 e. The Balaban J connectivity index is 2.52. The summed E-state index contributed by atoms with van der Waals surface area (Å²) in [6.45, 7) is 2.54. The zero-order valence-corrected chi connectivity index (χ0v) is 10.9. The standard InChI is InChI=1S/C12H13BrFNO2/c1-2-6-5-15-10-4-9(14)8(13)3-7(10)11(6)12(16)17/h3-4,6,11,15H,2,5H2,1H3,(H,16,17). The van der Waals surface area contributed by atoms with E-state index >= 15 is 0 Å². The molecule has 5 heteroatoms. The smallest absolute Gasteiger partial charge is 0.311 e. The largest absolute Gasteiger partial charge is 0.481 e. The third-order valence-electron chi connectivity index (χ3n) is 3.24. The third kappa shape index (κ3) is 2.16. The summed E-state index contributed by atoms with van der Waals surface area (Å²) in [5.74, 6) is -1.75. The third-order valence-corrected chi connectivity index (χ3v) is 3.85. The van der Waals surface area contributed by atoms with Crippen molar-refractivity contribution in [1.29, 1.82) is 0 Å². The normalized spacial score (nSPS) is 22.8. The first-order chi connectivity index (χ1) is 8.04. The molecule has 0 fully saturated rings. The van der Waals surface area contributed by atoms with Crippen molar-refractivity contribution in [2.45, 2.75) is 19.3 Å². The number of anilines is 1. The number of rotatable bonds is 2. The molecule has 92 valence electrons. The minimum atomic E-state index is -0.849. The highest BCUT2D eigenvalue weighted by molar-refractivity contribution is 9.10. The van der Waals surface area contributed by atoms with Gasteiger partial charge >= 0.3 is 5.97 Å².